The maximum absolute atomic E-state index is 5.31. The maximum atomic E-state index is 5.31. The van der Waals surface area contributed by atoms with E-state index in [-0.39, 0.29) is 0 Å². The second-order valence-corrected chi connectivity index (χ2v) is 2.11. The summed E-state index contributed by atoms with van der Waals surface area (Å²) in [6, 6.07) is 0. The number of hydrogen-bond acceptors (Lipinski definition) is 3. The molecular weight excluding hydrogens is 152 g/mol. The molecule has 0 unspecified atom stereocenters. The van der Waals surface area contributed by atoms with Crippen molar-refractivity contribution < 1.29 is 4.63 Å². The van der Waals surface area contributed by atoms with Crippen molar-refractivity contribution >= 4 is 11.6 Å². The Morgan fingerprint density at radius 1 is 1.60 bits per heavy atom. The summed E-state index contributed by atoms with van der Waals surface area (Å²) in [5.41, 5.74) is 3.10. The standard InChI is InChI=1S/C6H7ClN2O/c1-5-6(3-2-4-7)9-10-8-5/h2,4H,3H2,1H3/b4-2+. The molecule has 0 N–H and O–H groups in total. The van der Waals surface area contributed by atoms with E-state index in [4.69, 9.17) is 11.6 Å². The summed E-state index contributed by atoms with van der Waals surface area (Å²) in [5, 5.41) is 7.26. The summed E-state index contributed by atoms with van der Waals surface area (Å²) < 4.78 is 4.47. The van der Waals surface area contributed by atoms with Crippen molar-refractivity contribution in [3.05, 3.63) is 23.0 Å². The summed E-state index contributed by atoms with van der Waals surface area (Å²) in [7, 11) is 0. The molecule has 0 spiro atoms. The van der Waals surface area contributed by atoms with Crippen LogP contribution < -0.4 is 0 Å². The van der Waals surface area contributed by atoms with E-state index in [1.165, 1.54) is 5.54 Å². The van der Waals surface area contributed by atoms with E-state index in [9.17, 15) is 0 Å². The van der Waals surface area contributed by atoms with Crippen molar-refractivity contribution in [2.45, 2.75) is 13.3 Å². The molecule has 0 bridgehead atoms. The van der Waals surface area contributed by atoms with Gasteiger partial charge in [-0.2, -0.15) is 0 Å². The molecule has 1 rings (SSSR count). The zero-order chi connectivity index (χ0) is 7.40. The van der Waals surface area contributed by atoms with Crippen LogP contribution in [0.15, 0.2) is 16.2 Å². The third-order valence-electron chi connectivity index (χ3n) is 1.15. The number of rotatable bonds is 2. The van der Waals surface area contributed by atoms with E-state index in [1.807, 2.05) is 6.92 Å². The fraction of sp³-hybridized carbons (Fsp3) is 0.333. The SMILES string of the molecule is Cc1nonc1C/C=C/Cl. The first-order chi connectivity index (χ1) is 4.84. The molecule has 0 saturated carbocycles. The average Bonchev–Trinajstić information content (AvgIpc) is 2.31. The molecular formula is C6H7ClN2O. The molecule has 0 aliphatic heterocycles. The summed E-state index contributed by atoms with van der Waals surface area (Å²) in [6.07, 6.45) is 2.47. The number of allylic oxidation sites excluding steroid dienone is 1. The van der Waals surface area contributed by atoms with Crippen molar-refractivity contribution in [2.75, 3.05) is 0 Å². The van der Waals surface area contributed by atoms with Gasteiger partial charge in [0.05, 0.1) is 0 Å². The van der Waals surface area contributed by atoms with Crippen LogP contribution in [0.4, 0.5) is 0 Å². The van der Waals surface area contributed by atoms with Crippen LogP contribution in [0.5, 0.6) is 0 Å². The van der Waals surface area contributed by atoms with Gasteiger partial charge in [-0.25, -0.2) is 4.63 Å². The number of nitrogens with zero attached hydrogens (tertiary/aromatic N) is 2. The first-order valence-corrected chi connectivity index (χ1v) is 3.31. The van der Waals surface area contributed by atoms with Crippen LogP contribution >= 0.6 is 11.6 Å². The van der Waals surface area contributed by atoms with Crippen LogP contribution in [-0.2, 0) is 6.42 Å². The second kappa shape index (κ2) is 3.37. The minimum absolute atomic E-state index is 0.679. The molecule has 1 aromatic rings. The molecule has 0 atom stereocenters. The second-order valence-electron chi connectivity index (χ2n) is 1.86. The maximum Gasteiger partial charge on any atom is 0.111 e. The van der Waals surface area contributed by atoms with Crippen LogP contribution in [0.2, 0.25) is 0 Å². The zero-order valence-electron chi connectivity index (χ0n) is 5.54. The Kier molecular flexibility index (Phi) is 2.45. The monoisotopic (exact) mass is 158 g/mol. The number of aromatic nitrogens is 2. The Bertz CT molecular complexity index is 231. The van der Waals surface area contributed by atoms with Gasteiger partial charge in [0.15, 0.2) is 0 Å². The Morgan fingerprint density at radius 3 is 2.90 bits per heavy atom. The molecule has 0 amide bonds. The molecule has 1 aromatic heterocycles. The Hall–Kier alpha value is -0.830. The molecule has 10 heavy (non-hydrogen) atoms. The van der Waals surface area contributed by atoms with E-state index in [1.54, 1.807) is 6.08 Å². The number of aryl methyl sites for hydroxylation is 1. The molecule has 0 radical (unpaired) electrons. The fourth-order valence-corrected chi connectivity index (χ4v) is 0.680. The van der Waals surface area contributed by atoms with Crippen LogP contribution in [0, 0.1) is 6.92 Å². The lowest BCUT2D eigenvalue weighted by Crippen LogP contribution is -1.83. The van der Waals surface area contributed by atoms with Gasteiger partial charge in [0.2, 0.25) is 0 Å². The first-order valence-electron chi connectivity index (χ1n) is 2.88. The van der Waals surface area contributed by atoms with Gasteiger partial charge in [-0.3, -0.25) is 0 Å². The number of hydrogen-bond donors (Lipinski definition) is 0. The largest absolute Gasteiger partial charge is 0.244 e. The van der Waals surface area contributed by atoms with Crippen LogP contribution in [-0.4, -0.2) is 10.3 Å². The minimum Gasteiger partial charge on any atom is -0.244 e. The van der Waals surface area contributed by atoms with Gasteiger partial charge in [0, 0.05) is 12.0 Å². The molecule has 4 heteroatoms. The van der Waals surface area contributed by atoms with Gasteiger partial charge in [0.1, 0.15) is 11.4 Å². The quantitative estimate of drug-likeness (QED) is 0.657. The van der Waals surface area contributed by atoms with Crippen LogP contribution in [0.1, 0.15) is 11.4 Å². The predicted octanol–water partition coefficient (Wildman–Crippen LogP) is 1.67. The lowest BCUT2D eigenvalue weighted by atomic mass is 10.3. The van der Waals surface area contributed by atoms with Crippen LogP contribution in [0.3, 0.4) is 0 Å². The number of halogens is 1. The molecule has 3 nitrogen and oxygen atoms in total. The lowest BCUT2D eigenvalue weighted by molar-refractivity contribution is 0.302. The summed E-state index contributed by atoms with van der Waals surface area (Å²) in [5.74, 6) is 0. The van der Waals surface area contributed by atoms with Crippen LogP contribution in [0.25, 0.3) is 0 Å². The predicted molar refractivity (Wildman–Crippen MR) is 37.7 cm³/mol. The Balaban J connectivity index is 2.65. The Morgan fingerprint density at radius 2 is 2.40 bits per heavy atom. The highest BCUT2D eigenvalue weighted by atomic mass is 35.5. The van der Waals surface area contributed by atoms with E-state index < -0.39 is 0 Å². The zero-order valence-corrected chi connectivity index (χ0v) is 6.30. The highest BCUT2D eigenvalue weighted by molar-refractivity contribution is 6.25. The topological polar surface area (TPSA) is 38.9 Å². The highest BCUT2D eigenvalue weighted by Gasteiger charge is 2.00. The minimum atomic E-state index is 0.679. The molecule has 0 aromatic carbocycles. The van der Waals surface area contributed by atoms with Gasteiger partial charge in [-0.1, -0.05) is 28.0 Å². The fourth-order valence-electron chi connectivity index (χ4n) is 0.591. The third-order valence-corrected chi connectivity index (χ3v) is 1.32. The third kappa shape index (κ3) is 1.57. The van der Waals surface area contributed by atoms with Gasteiger partial charge < -0.3 is 0 Å². The summed E-state index contributed by atoms with van der Waals surface area (Å²) >= 11 is 5.31. The molecule has 0 saturated heterocycles. The van der Waals surface area contributed by atoms with Crippen molar-refractivity contribution in [3.8, 4) is 0 Å². The molecule has 0 fully saturated rings. The van der Waals surface area contributed by atoms with Crippen molar-refractivity contribution in [1.29, 1.82) is 0 Å². The van der Waals surface area contributed by atoms with Gasteiger partial charge in [0.25, 0.3) is 0 Å². The molecule has 1 heterocycles. The molecule has 0 aliphatic rings. The smallest absolute Gasteiger partial charge is 0.111 e. The normalized spacial score (nSPS) is 11.0. The van der Waals surface area contributed by atoms with E-state index >= 15 is 0 Å². The highest BCUT2D eigenvalue weighted by Crippen LogP contribution is 2.01. The van der Waals surface area contributed by atoms with Gasteiger partial charge >= 0.3 is 0 Å². The molecule has 0 aliphatic carbocycles. The van der Waals surface area contributed by atoms with E-state index in [2.05, 4.69) is 14.9 Å². The lowest BCUT2D eigenvalue weighted by Gasteiger charge is -1.83. The van der Waals surface area contributed by atoms with Crippen molar-refractivity contribution in [1.82, 2.24) is 10.3 Å². The van der Waals surface area contributed by atoms with Gasteiger partial charge in [-0.05, 0) is 6.92 Å². The Labute approximate surface area is 63.6 Å². The summed E-state index contributed by atoms with van der Waals surface area (Å²) in [4.78, 5) is 0. The summed E-state index contributed by atoms with van der Waals surface area (Å²) in [6.45, 7) is 1.84. The van der Waals surface area contributed by atoms with E-state index in [0.29, 0.717) is 6.42 Å². The van der Waals surface area contributed by atoms with Gasteiger partial charge in [-0.15, -0.1) is 0 Å². The average molecular weight is 159 g/mol. The first kappa shape index (κ1) is 7.28. The molecule has 54 valence electrons. The van der Waals surface area contributed by atoms with E-state index in [0.717, 1.165) is 11.4 Å². The van der Waals surface area contributed by atoms with Crippen molar-refractivity contribution in [2.24, 2.45) is 0 Å². The van der Waals surface area contributed by atoms with Crippen molar-refractivity contribution in [3.63, 3.8) is 0 Å².